The number of aromatic nitrogens is 4. The molecule has 0 N–H and O–H groups in total. The number of likely N-dealkylation sites (tertiary alicyclic amines) is 1. The second kappa shape index (κ2) is 8.77. The minimum Gasteiger partial charge on any atom is -0.379 e. The van der Waals surface area contributed by atoms with Crippen LogP contribution >= 0.6 is 0 Å². The van der Waals surface area contributed by atoms with Gasteiger partial charge in [-0.05, 0) is 44.0 Å². The van der Waals surface area contributed by atoms with Crippen LogP contribution in [0, 0.1) is 11.8 Å². The van der Waals surface area contributed by atoms with Crippen molar-refractivity contribution in [1.29, 1.82) is 0 Å². The number of rotatable bonds is 5. The molecule has 2 saturated heterocycles. The number of nitrogens with zero attached hydrogens (tertiary/aromatic N) is 5. The van der Waals surface area contributed by atoms with Crippen molar-refractivity contribution in [1.82, 2.24) is 24.5 Å². The van der Waals surface area contributed by atoms with Gasteiger partial charge in [0.15, 0.2) is 5.82 Å². The largest absolute Gasteiger partial charge is 0.379 e. The molecule has 0 bridgehead atoms. The molecular weight excluding hydrogens is 346 g/mol. The maximum absolute atomic E-state index is 12.2. The van der Waals surface area contributed by atoms with E-state index in [0.717, 1.165) is 45.7 Å². The van der Waals surface area contributed by atoms with Crippen LogP contribution in [0.15, 0.2) is 35.4 Å². The molecule has 0 radical (unpaired) electrons. The molecule has 8 heteroatoms. The fourth-order valence-corrected chi connectivity index (χ4v) is 3.83. The van der Waals surface area contributed by atoms with E-state index in [4.69, 9.17) is 9.47 Å². The van der Waals surface area contributed by atoms with E-state index in [-0.39, 0.29) is 5.56 Å². The lowest BCUT2D eigenvalue weighted by Gasteiger charge is -2.33. The van der Waals surface area contributed by atoms with E-state index >= 15 is 0 Å². The smallest absolute Gasteiger partial charge is 0.266 e. The molecule has 0 aromatic carbocycles. The summed E-state index contributed by atoms with van der Waals surface area (Å²) in [5, 5.41) is 8.68. The van der Waals surface area contributed by atoms with Crippen LogP contribution in [-0.4, -0.2) is 70.5 Å². The van der Waals surface area contributed by atoms with Gasteiger partial charge in [-0.3, -0.25) is 4.79 Å². The van der Waals surface area contributed by atoms with Gasteiger partial charge in [0.25, 0.3) is 5.56 Å². The molecule has 4 rings (SSSR count). The lowest BCUT2D eigenvalue weighted by atomic mass is 9.96. The summed E-state index contributed by atoms with van der Waals surface area (Å²) in [5.41, 5.74) is -0.0545. The van der Waals surface area contributed by atoms with E-state index < -0.39 is 0 Å². The molecular formula is C19H27N5O3. The van der Waals surface area contributed by atoms with E-state index in [1.54, 1.807) is 27.7 Å². The van der Waals surface area contributed by atoms with Crippen molar-refractivity contribution < 1.29 is 9.47 Å². The Hall–Kier alpha value is -2.03. The van der Waals surface area contributed by atoms with Crippen molar-refractivity contribution in [2.24, 2.45) is 11.8 Å². The van der Waals surface area contributed by atoms with Gasteiger partial charge in [0.2, 0.25) is 0 Å². The molecule has 8 nitrogen and oxygen atoms in total. The highest BCUT2D eigenvalue weighted by molar-refractivity contribution is 5.17. The molecule has 2 aromatic rings. The zero-order valence-corrected chi connectivity index (χ0v) is 15.6. The standard InChI is InChI=1S/C19H27N5O3/c25-19-3-2-18(23-7-1-6-20-23)21-24(19)13-16-4-8-22(9-5-16)12-17-14-26-10-11-27-15-17/h1-3,6-7,16-17H,4-5,8-15H2. The number of hydrogen-bond acceptors (Lipinski definition) is 6. The van der Waals surface area contributed by atoms with E-state index in [1.807, 2.05) is 12.3 Å². The molecule has 0 atom stereocenters. The van der Waals surface area contributed by atoms with Gasteiger partial charge in [-0.15, -0.1) is 5.10 Å². The normalized spacial score (nSPS) is 20.6. The fourth-order valence-electron chi connectivity index (χ4n) is 3.83. The van der Waals surface area contributed by atoms with Crippen molar-refractivity contribution in [2.75, 3.05) is 46.1 Å². The average molecular weight is 373 g/mol. The third-order valence-corrected chi connectivity index (χ3v) is 5.33. The maximum Gasteiger partial charge on any atom is 0.266 e. The third kappa shape index (κ3) is 4.82. The molecule has 146 valence electrons. The number of ether oxygens (including phenoxy) is 2. The van der Waals surface area contributed by atoms with Gasteiger partial charge in [-0.1, -0.05) is 0 Å². The first-order chi connectivity index (χ1) is 13.3. The highest BCUT2D eigenvalue weighted by Gasteiger charge is 2.23. The molecule has 0 saturated carbocycles. The lowest BCUT2D eigenvalue weighted by Crippen LogP contribution is -2.40. The molecule has 2 aliphatic heterocycles. The summed E-state index contributed by atoms with van der Waals surface area (Å²) >= 11 is 0. The Morgan fingerprint density at radius 1 is 1.04 bits per heavy atom. The SMILES string of the molecule is O=c1ccc(-n2cccn2)nn1CC1CCN(CC2COCCOC2)CC1. The summed E-state index contributed by atoms with van der Waals surface area (Å²) in [5.74, 6) is 1.60. The minimum absolute atomic E-state index is 0.0545. The van der Waals surface area contributed by atoms with Crippen LogP contribution in [0.1, 0.15) is 12.8 Å². The summed E-state index contributed by atoms with van der Waals surface area (Å²) in [6, 6.07) is 5.13. The molecule has 0 spiro atoms. The molecule has 2 aliphatic rings. The molecule has 0 aliphatic carbocycles. The zero-order chi connectivity index (χ0) is 18.5. The Labute approximate surface area is 158 Å². The van der Waals surface area contributed by atoms with Crippen LogP contribution in [0.25, 0.3) is 5.82 Å². The molecule has 0 unspecified atom stereocenters. The van der Waals surface area contributed by atoms with E-state index in [0.29, 0.717) is 37.4 Å². The second-order valence-electron chi connectivity index (χ2n) is 7.42. The van der Waals surface area contributed by atoms with Gasteiger partial charge >= 0.3 is 0 Å². The summed E-state index contributed by atoms with van der Waals surface area (Å²) in [7, 11) is 0. The summed E-state index contributed by atoms with van der Waals surface area (Å²) in [6.45, 7) is 6.79. The van der Waals surface area contributed by atoms with Crippen molar-refractivity contribution in [3.8, 4) is 5.82 Å². The predicted octanol–water partition coefficient (Wildman–Crippen LogP) is 0.804. The van der Waals surface area contributed by atoms with Gasteiger partial charge < -0.3 is 14.4 Å². The molecule has 4 heterocycles. The first-order valence-electron chi connectivity index (χ1n) is 9.74. The fraction of sp³-hybridized carbons (Fsp3) is 0.632. The van der Waals surface area contributed by atoms with E-state index in [1.165, 1.54) is 0 Å². The highest BCUT2D eigenvalue weighted by atomic mass is 16.5. The van der Waals surface area contributed by atoms with Gasteiger partial charge in [-0.2, -0.15) is 5.10 Å². The van der Waals surface area contributed by atoms with Crippen LogP contribution in [-0.2, 0) is 16.0 Å². The molecule has 0 amide bonds. The van der Waals surface area contributed by atoms with Crippen LogP contribution in [0.4, 0.5) is 0 Å². The Kier molecular flexibility index (Phi) is 5.96. The quantitative estimate of drug-likeness (QED) is 0.772. The maximum atomic E-state index is 12.2. The van der Waals surface area contributed by atoms with Crippen molar-refractivity contribution in [3.05, 3.63) is 40.9 Å². The highest BCUT2D eigenvalue weighted by Crippen LogP contribution is 2.20. The third-order valence-electron chi connectivity index (χ3n) is 5.33. The number of piperidine rings is 1. The Balaban J connectivity index is 1.31. The van der Waals surface area contributed by atoms with Crippen LogP contribution in [0.2, 0.25) is 0 Å². The zero-order valence-electron chi connectivity index (χ0n) is 15.6. The van der Waals surface area contributed by atoms with Crippen LogP contribution in [0.5, 0.6) is 0 Å². The van der Waals surface area contributed by atoms with Gasteiger partial charge in [0.05, 0.1) is 26.4 Å². The predicted molar refractivity (Wildman–Crippen MR) is 99.9 cm³/mol. The molecule has 2 aromatic heterocycles. The van der Waals surface area contributed by atoms with Gasteiger partial charge in [-0.25, -0.2) is 9.36 Å². The first kappa shape index (κ1) is 18.3. The molecule has 2 fully saturated rings. The van der Waals surface area contributed by atoms with Crippen molar-refractivity contribution in [3.63, 3.8) is 0 Å². The Bertz CT molecular complexity index is 760. The van der Waals surface area contributed by atoms with E-state index in [9.17, 15) is 4.79 Å². The summed E-state index contributed by atoms with van der Waals surface area (Å²) < 4.78 is 14.5. The van der Waals surface area contributed by atoms with Crippen molar-refractivity contribution >= 4 is 0 Å². The topological polar surface area (TPSA) is 74.4 Å². The summed E-state index contributed by atoms with van der Waals surface area (Å²) in [6.07, 6.45) is 5.69. The lowest BCUT2D eigenvalue weighted by molar-refractivity contribution is 0.0850. The van der Waals surface area contributed by atoms with Crippen molar-refractivity contribution in [2.45, 2.75) is 19.4 Å². The Morgan fingerprint density at radius 2 is 1.81 bits per heavy atom. The monoisotopic (exact) mass is 373 g/mol. The Morgan fingerprint density at radius 3 is 2.52 bits per heavy atom. The van der Waals surface area contributed by atoms with Crippen LogP contribution in [0.3, 0.4) is 0 Å². The molecule has 27 heavy (non-hydrogen) atoms. The van der Waals surface area contributed by atoms with E-state index in [2.05, 4.69) is 15.1 Å². The summed E-state index contributed by atoms with van der Waals surface area (Å²) in [4.78, 5) is 14.7. The number of hydrogen-bond donors (Lipinski definition) is 0. The second-order valence-corrected chi connectivity index (χ2v) is 7.42. The van der Waals surface area contributed by atoms with Gasteiger partial charge in [0, 0.05) is 37.5 Å². The minimum atomic E-state index is -0.0545. The first-order valence-corrected chi connectivity index (χ1v) is 9.74. The average Bonchev–Trinajstić information content (AvgIpc) is 3.10. The van der Waals surface area contributed by atoms with Gasteiger partial charge in [0.1, 0.15) is 0 Å². The van der Waals surface area contributed by atoms with Crippen LogP contribution < -0.4 is 5.56 Å².